The molecule has 3 rings (SSSR count). The van der Waals surface area contributed by atoms with E-state index in [4.69, 9.17) is 0 Å². The summed E-state index contributed by atoms with van der Waals surface area (Å²) in [7, 11) is 0. The molecule has 6 heteroatoms. The van der Waals surface area contributed by atoms with E-state index < -0.39 is 0 Å². The summed E-state index contributed by atoms with van der Waals surface area (Å²) >= 11 is 1.51. The van der Waals surface area contributed by atoms with E-state index in [-0.39, 0.29) is 30.2 Å². The van der Waals surface area contributed by atoms with Gasteiger partial charge in [0.05, 0.1) is 11.6 Å². The van der Waals surface area contributed by atoms with Gasteiger partial charge in [-0.1, -0.05) is 37.3 Å². The quantitative estimate of drug-likeness (QED) is 0.890. The summed E-state index contributed by atoms with van der Waals surface area (Å²) in [6.45, 7) is 6.51. The Balaban J connectivity index is 1.74. The second kappa shape index (κ2) is 7.35. The lowest BCUT2D eigenvalue weighted by Gasteiger charge is -2.20. The number of nitrogens with one attached hydrogen (secondary N) is 1. The van der Waals surface area contributed by atoms with Gasteiger partial charge in [-0.3, -0.25) is 9.59 Å². The lowest BCUT2D eigenvalue weighted by Crippen LogP contribution is -2.33. The molecule has 1 saturated heterocycles. The van der Waals surface area contributed by atoms with Crippen LogP contribution in [0.1, 0.15) is 32.1 Å². The van der Waals surface area contributed by atoms with Crippen molar-refractivity contribution in [3.8, 4) is 11.3 Å². The minimum atomic E-state index is -0.302. The normalized spacial score (nSPS) is 17.4. The number of hydrogen-bond donors (Lipinski definition) is 1. The van der Waals surface area contributed by atoms with Crippen LogP contribution in [0, 0.1) is 5.92 Å². The summed E-state index contributed by atoms with van der Waals surface area (Å²) in [4.78, 5) is 32.1. The van der Waals surface area contributed by atoms with Gasteiger partial charge in [-0.25, -0.2) is 4.98 Å². The van der Waals surface area contributed by atoms with Crippen molar-refractivity contribution in [2.24, 2.45) is 5.92 Å². The SMILES string of the molecule is CCc1sc(NC(=O)[C@H]2CC(=O)N(C(C)C)C2)nc1-c1ccccc1. The van der Waals surface area contributed by atoms with Crippen LogP contribution in [-0.4, -0.2) is 34.3 Å². The van der Waals surface area contributed by atoms with Gasteiger partial charge in [0.25, 0.3) is 0 Å². The molecule has 0 spiro atoms. The fraction of sp³-hybridized carbons (Fsp3) is 0.421. The van der Waals surface area contributed by atoms with Gasteiger partial charge in [-0.15, -0.1) is 11.3 Å². The third-order valence-electron chi connectivity index (χ3n) is 4.45. The van der Waals surface area contributed by atoms with Crippen LogP contribution in [0.4, 0.5) is 5.13 Å². The Morgan fingerprint density at radius 2 is 2.08 bits per heavy atom. The highest BCUT2D eigenvalue weighted by Gasteiger charge is 2.35. The van der Waals surface area contributed by atoms with Crippen molar-refractivity contribution in [3.63, 3.8) is 0 Å². The number of rotatable bonds is 5. The molecule has 2 aromatic rings. The number of thiazole rings is 1. The molecular weight excluding hydrogens is 334 g/mol. The molecule has 1 fully saturated rings. The summed E-state index contributed by atoms with van der Waals surface area (Å²) in [5, 5.41) is 3.53. The molecule has 0 saturated carbocycles. The summed E-state index contributed by atoms with van der Waals surface area (Å²) in [5.74, 6) is -0.370. The van der Waals surface area contributed by atoms with E-state index in [0.29, 0.717) is 11.7 Å². The Labute approximate surface area is 152 Å². The Morgan fingerprint density at radius 1 is 1.36 bits per heavy atom. The first kappa shape index (κ1) is 17.6. The number of nitrogens with zero attached hydrogens (tertiary/aromatic N) is 2. The van der Waals surface area contributed by atoms with E-state index in [2.05, 4.69) is 17.2 Å². The maximum atomic E-state index is 12.6. The zero-order chi connectivity index (χ0) is 18.0. The molecule has 2 amide bonds. The van der Waals surface area contributed by atoms with Crippen molar-refractivity contribution in [1.82, 2.24) is 9.88 Å². The van der Waals surface area contributed by atoms with Crippen LogP contribution < -0.4 is 5.32 Å². The second-order valence-corrected chi connectivity index (χ2v) is 7.62. The van der Waals surface area contributed by atoms with Gasteiger partial charge in [-0.05, 0) is 20.3 Å². The van der Waals surface area contributed by atoms with Gasteiger partial charge in [0, 0.05) is 29.4 Å². The number of anilines is 1. The number of amides is 2. The number of benzene rings is 1. The molecule has 5 nitrogen and oxygen atoms in total. The van der Waals surface area contributed by atoms with Crippen LogP contribution in [0.5, 0.6) is 0 Å². The smallest absolute Gasteiger partial charge is 0.231 e. The predicted octanol–water partition coefficient (Wildman–Crippen LogP) is 3.57. The molecule has 1 aliphatic heterocycles. The molecule has 0 aliphatic carbocycles. The minimum absolute atomic E-state index is 0.0495. The predicted molar refractivity (Wildman–Crippen MR) is 101 cm³/mol. The van der Waals surface area contributed by atoms with Gasteiger partial charge in [0.2, 0.25) is 11.8 Å². The molecule has 2 heterocycles. The van der Waals surface area contributed by atoms with Crippen LogP contribution in [-0.2, 0) is 16.0 Å². The van der Waals surface area contributed by atoms with Crippen molar-refractivity contribution in [3.05, 3.63) is 35.2 Å². The number of carbonyl (C=O) groups excluding carboxylic acids is 2. The fourth-order valence-corrected chi connectivity index (χ4v) is 4.01. The Hall–Kier alpha value is -2.21. The lowest BCUT2D eigenvalue weighted by molar-refractivity contribution is -0.129. The first-order chi connectivity index (χ1) is 12.0. The van der Waals surface area contributed by atoms with E-state index in [0.717, 1.165) is 22.6 Å². The number of aromatic nitrogens is 1. The molecule has 0 unspecified atom stereocenters. The third-order valence-corrected chi connectivity index (χ3v) is 5.56. The van der Waals surface area contributed by atoms with E-state index in [1.165, 1.54) is 11.3 Å². The molecule has 25 heavy (non-hydrogen) atoms. The van der Waals surface area contributed by atoms with Gasteiger partial charge in [0.15, 0.2) is 5.13 Å². The van der Waals surface area contributed by atoms with Gasteiger partial charge in [-0.2, -0.15) is 0 Å². The molecule has 1 atom stereocenters. The molecule has 1 aromatic carbocycles. The molecule has 0 bridgehead atoms. The molecule has 132 valence electrons. The Morgan fingerprint density at radius 3 is 2.68 bits per heavy atom. The number of likely N-dealkylation sites (tertiary alicyclic amines) is 1. The Bertz CT molecular complexity index is 770. The van der Waals surface area contributed by atoms with E-state index in [1.807, 2.05) is 44.2 Å². The maximum Gasteiger partial charge on any atom is 0.231 e. The van der Waals surface area contributed by atoms with Crippen molar-refractivity contribution in [2.75, 3.05) is 11.9 Å². The first-order valence-corrected chi connectivity index (χ1v) is 9.46. The minimum Gasteiger partial charge on any atom is -0.339 e. The molecule has 1 aliphatic rings. The zero-order valence-electron chi connectivity index (χ0n) is 14.8. The van der Waals surface area contributed by atoms with Gasteiger partial charge < -0.3 is 10.2 Å². The van der Waals surface area contributed by atoms with Crippen molar-refractivity contribution in [2.45, 2.75) is 39.7 Å². The molecule has 1 aromatic heterocycles. The van der Waals surface area contributed by atoms with Crippen LogP contribution in [0.2, 0.25) is 0 Å². The van der Waals surface area contributed by atoms with Crippen LogP contribution in [0.15, 0.2) is 30.3 Å². The number of aryl methyl sites for hydroxylation is 1. The highest BCUT2D eigenvalue weighted by Crippen LogP contribution is 2.32. The lowest BCUT2D eigenvalue weighted by atomic mass is 10.1. The first-order valence-electron chi connectivity index (χ1n) is 8.65. The van der Waals surface area contributed by atoms with Gasteiger partial charge >= 0.3 is 0 Å². The fourth-order valence-electron chi connectivity index (χ4n) is 3.08. The average Bonchev–Trinajstić information content (AvgIpc) is 3.19. The Kier molecular flexibility index (Phi) is 5.18. The molecule has 0 radical (unpaired) electrons. The van der Waals surface area contributed by atoms with E-state index in [1.54, 1.807) is 4.90 Å². The standard InChI is InChI=1S/C19H23N3O2S/c1-4-15-17(13-8-6-5-7-9-13)20-19(25-15)21-18(24)14-10-16(23)22(11-14)12(2)3/h5-9,12,14H,4,10-11H2,1-3H3,(H,20,21,24)/t14-/m0/s1. The van der Waals surface area contributed by atoms with Crippen LogP contribution in [0.3, 0.4) is 0 Å². The topological polar surface area (TPSA) is 62.3 Å². The largest absolute Gasteiger partial charge is 0.339 e. The van der Waals surface area contributed by atoms with E-state index >= 15 is 0 Å². The summed E-state index contributed by atoms with van der Waals surface area (Å²) in [6, 6.07) is 10.1. The summed E-state index contributed by atoms with van der Waals surface area (Å²) < 4.78 is 0. The van der Waals surface area contributed by atoms with Crippen molar-refractivity contribution in [1.29, 1.82) is 0 Å². The maximum absolute atomic E-state index is 12.6. The summed E-state index contributed by atoms with van der Waals surface area (Å²) in [6.07, 6.45) is 1.14. The molecular formula is C19H23N3O2S. The molecule has 1 N–H and O–H groups in total. The van der Waals surface area contributed by atoms with Crippen molar-refractivity contribution < 1.29 is 9.59 Å². The van der Waals surface area contributed by atoms with Crippen LogP contribution >= 0.6 is 11.3 Å². The summed E-state index contributed by atoms with van der Waals surface area (Å²) in [5.41, 5.74) is 1.98. The average molecular weight is 357 g/mol. The van der Waals surface area contributed by atoms with Crippen molar-refractivity contribution >= 4 is 28.3 Å². The monoisotopic (exact) mass is 357 g/mol. The van der Waals surface area contributed by atoms with Gasteiger partial charge in [0.1, 0.15) is 0 Å². The third kappa shape index (κ3) is 3.74. The van der Waals surface area contributed by atoms with E-state index in [9.17, 15) is 9.59 Å². The number of hydrogen-bond acceptors (Lipinski definition) is 4. The van der Waals surface area contributed by atoms with Crippen LogP contribution in [0.25, 0.3) is 11.3 Å². The number of carbonyl (C=O) groups is 2. The zero-order valence-corrected chi connectivity index (χ0v) is 15.6. The second-order valence-electron chi connectivity index (χ2n) is 6.54. The highest BCUT2D eigenvalue weighted by atomic mass is 32.1. The highest BCUT2D eigenvalue weighted by molar-refractivity contribution is 7.16.